The molecule has 5 rings (SSSR count). The second kappa shape index (κ2) is 10.7. The quantitative estimate of drug-likeness (QED) is 0.306. The van der Waals surface area contributed by atoms with Crippen molar-refractivity contribution in [3.8, 4) is 5.75 Å². The molecule has 0 unspecified atom stereocenters. The van der Waals surface area contributed by atoms with Crippen LogP contribution >= 0.6 is 0 Å². The van der Waals surface area contributed by atoms with E-state index >= 15 is 0 Å². The number of nitrogens with one attached hydrogen (secondary N) is 3. The number of anilines is 2. The number of amides is 1. The lowest BCUT2D eigenvalue weighted by atomic mass is 10.1. The van der Waals surface area contributed by atoms with E-state index in [-0.39, 0.29) is 17.0 Å². The van der Waals surface area contributed by atoms with Gasteiger partial charge in [-0.1, -0.05) is 36.4 Å². The van der Waals surface area contributed by atoms with Gasteiger partial charge < -0.3 is 15.4 Å². The van der Waals surface area contributed by atoms with Crippen molar-refractivity contribution in [2.75, 3.05) is 16.6 Å². The molecule has 3 aromatic carbocycles. The van der Waals surface area contributed by atoms with Gasteiger partial charge in [-0.05, 0) is 59.2 Å². The van der Waals surface area contributed by atoms with Gasteiger partial charge in [0, 0.05) is 48.8 Å². The molecule has 0 spiro atoms. The Morgan fingerprint density at radius 2 is 1.76 bits per heavy atom. The zero-order valence-electron chi connectivity index (χ0n) is 20.0. The third kappa shape index (κ3) is 6.07. The summed E-state index contributed by atoms with van der Waals surface area (Å²) < 4.78 is 34.6. The largest absolute Gasteiger partial charge is 0.493 e. The first-order valence-electron chi connectivity index (χ1n) is 11.8. The van der Waals surface area contributed by atoms with Gasteiger partial charge in [-0.15, -0.1) is 0 Å². The minimum absolute atomic E-state index is 0.0183. The summed E-state index contributed by atoms with van der Waals surface area (Å²) in [5.74, 6) is 0.509. The highest BCUT2D eigenvalue weighted by atomic mass is 32.2. The van der Waals surface area contributed by atoms with Crippen molar-refractivity contribution in [1.82, 2.24) is 10.3 Å². The molecule has 0 bridgehead atoms. The highest BCUT2D eigenvalue weighted by Gasteiger charge is 2.19. The predicted octanol–water partition coefficient (Wildman–Crippen LogP) is 4.36. The standard InChI is InChI=1S/C28H26N4O4S/c33-28(31-19-21-5-4-11-29-17-21)23-14-25(30-18-20-8-9-27-22(13-20)10-12-36-27)16-26(15-23)37(34,35)32-24-6-2-1-3-7-24/h1-9,11,13-17,30,32H,10,12,18-19H2,(H,31,33). The smallest absolute Gasteiger partial charge is 0.261 e. The number of nitrogens with zero attached hydrogens (tertiary/aromatic N) is 1. The van der Waals surface area contributed by atoms with Gasteiger partial charge in [0.15, 0.2) is 0 Å². The molecule has 9 heteroatoms. The van der Waals surface area contributed by atoms with Crippen LogP contribution in [-0.2, 0) is 29.5 Å². The van der Waals surface area contributed by atoms with Crippen LogP contribution in [0.5, 0.6) is 5.75 Å². The number of pyridine rings is 1. The number of carbonyl (C=O) groups is 1. The highest BCUT2D eigenvalue weighted by Crippen LogP contribution is 2.27. The monoisotopic (exact) mass is 514 g/mol. The summed E-state index contributed by atoms with van der Waals surface area (Å²) >= 11 is 0. The minimum atomic E-state index is -3.95. The number of hydrogen-bond acceptors (Lipinski definition) is 6. The third-order valence-corrected chi connectivity index (χ3v) is 7.29. The molecule has 1 aliphatic heterocycles. The van der Waals surface area contributed by atoms with Crippen molar-refractivity contribution in [2.45, 2.75) is 24.4 Å². The maximum atomic E-state index is 13.2. The molecule has 1 aliphatic rings. The Morgan fingerprint density at radius 3 is 2.57 bits per heavy atom. The molecule has 2 heterocycles. The summed E-state index contributed by atoms with van der Waals surface area (Å²) in [7, 11) is -3.95. The Kier molecular flexibility index (Phi) is 7.04. The summed E-state index contributed by atoms with van der Waals surface area (Å²) in [6, 6.07) is 22.8. The first kappa shape index (κ1) is 24.3. The summed E-state index contributed by atoms with van der Waals surface area (Å²) in [5.41, 5.74) is 4.19. The lowest BCUT2D eigenvalue weighted by Gasteiger charge is -2.14. The topological polar surface area (TPSA) is 109 Å². The Hall–Kier alpha value is -4.37. The number of hydrogen-bond donors (Lipinski definition) is 3. The number of ether oxygens (including phenoxy) is 1. The molecule has 1 aromatic heterocycles. The Balaban J connectivity index is 1.40. The van der Waals surface area contributed by atoms with E-state index in [0.717, 1.165) is 28.9 Å². The van der Waals surface area contributed by atoms with Crippen LogP contribution in [0.2, 0.25) is 0 Å². The molecule has 8 nitrogen and oxygen atoms in total. The molecular weight excluding hydrogens is 488 g/mol. The van der Waals surface area contributed by atoms with Gasteiger partial charge in [0.2, 0.25) is 0 Å². The van der Waals surface area contributed by atoms with Crippen molar-refractivity contribution >= 4 is 27.3 Å². The van der Waals surface area contributed by atoms with E-state index in [9.17, 15) is 13.2 Å². The molecule has 0 saturated carbocycles. The van der Waals surface area contributed by atoms with Crippen molar-refractivity contribution in [2.24, 2.45) is 0 Å². The van der Waals surface area contributed by atoms with Crippen LogP contribution in [0.1, 0.15) is 27.0 Å². The lowest BCUT2D eigenvalue weighted by Crippen LogP contribution is -2.23. The van der Waals surface area contributed by atoms with Crippen molar-refractivity contribution < 1.29 is 17.9 Å². The second-order valence-corrected chi connectivity index (χ2v) is 10.3. The summed E-state index contributed by atoms with van der Waals surface area (Å²) in [6.07, 6.45) is 4.19. The Bertz CT molecular complexity index is 1510. The number of sulfonamides is 1. The second-order valence-electron chi connectivity index (χ2n) is 8.66. The van der Waals surface area contributed by atoms with E-state index in [1.807, 2.05) is 18.2 Å². The third-order valence-electron chi connectivity index (χ3n) is 5.93. The Labute approximate surface area is 215 Å². The van der Waals surface area contributed by atoms with Crippen LogP contribution in [0.25, 0.3) is 0 Å². The first-order valence-corrected chi connectivity index (χ1v) is 13.3. The van der Waals surface area contributed by atoms with Gasteiger partial charge in [-0.25, -0.2) is 8.42 Å². The average Bonchev–Trinajstić information content (AvgIpc) is 3.39. The fraction of sp³-hybridized carbons (Fsp3) is 0.143. The maximum absolute atomic E-state index is 13.2. The van der Waals surface area contributed by atoms with Crippen LogP contribution in [0.4, 0.5) is 11.4 Å². The van der Waals surface area contributed by atoms with Gasteiger partial charge in [-0.2, -0.15) is 0 Å². The zero-order valence-corrected chi connectivity index (χ0v) is 20.8. The van der Waals surface area contributed by atoms with Crippen molar-refractivity contribution in [1.29, 1.82) is 0 Å². The number of rotatable bonds is 9. The zero-order chi connectivity index (χ0) is 25.7. The molecule has 0 aliphatic carbocycles. The number of carbonyl (C=O) groups excluding carboxylic acids is 1. The number of benzene rings is 3. The van der Waals surface area contributed by atoms with E-state index in [4.69, 9.17) is 4.74 Å². The average molecular weight is 515 g/mol. The van der Waals surface area contributed by atoms with Gasteiger partial charge in [0.25, 0.3) is 15.9 Å². The van der Waals surface area contributed by atoms with E-state index in [1.165, 1.54) is 12.1 Å². The molecule has 188 valence electrons. The highest BCUT2D eigenvalue weighted by molar-refractivity contribution is 7.92. The summed E-state index contributed by atoms with van der Waals surface area (Å²) in [6.45, 7) is 1.41. The Morgan fingerprint density at radius 1 is 0.892 bits per heavy atom. The van der Waals surface area contributed by atoms with Gasteiger partial charge in [0.1, 0.15) is 5.75 Å². The van der Waals surface area contributed by atoms with Crippen LogP contribution in [0.15, 0.2) is 96.2 Å². The molecule has 37 heavy (non-hydrogen) atoms. The molecule has 0 fully saturated rings. The molecule has 3 N–H and O–H groups in total. The van der Waals surface area contributed by atoms with Gasteiger partial charge in [-0.3, -0.25) is 14.5 Å². The van der Waals surface area contributed by atoms with E-state index in [0.29, 0.717) is 24.5 Å². The molecule has 0 atom stereocenters. The molecule has 0 radical (unpaired) electrons. The van der Waals surface area contributed by atoms with Gasteiger partial charge in [0.05, 0.1) is 11.5 Å². The number of para-hydroxylation sites is 1. The molecule has 0 saturated heterocycles. The minimum Gasteiger partial charge on any atom is -0.493 e. The molecular formula is C28H26N4O4S. The van der Waals surface area contributed by atoms with E-state index in [2.05, 4.69) is 26.4 Å². The number of fused-ring (bicyclic) bond motifs is 1. The van der Waals surface area contributed by atoms with Crippen molar-refractivity contribution in [3.63, 3.8) is 0 Å². The number of aromatic nitrogens is 1. The van der Waals surface area contributed by atoms with Crippen molar-refractivity contribution in [3.05, 3.63) is 114 Å². The van der Waals surface area contributed by atoms with Gasteiger partial charge >= 0.3 is 0 Å². The fourth-order valence-electron chi connectivity index (χ4n) is 4.05. The van der Waals surface area contributed by atoms with Crippen LogP contribution < -0.4 is 20.1 Å². The SMILES string of the molecule is O=C(NCc1cccnc1)c1cc(NCc2ccc3c(c2)CCO3)cc(S(=O)(=O)Nc2ccccc2)c1. The molecule has 4 aromatic rings. The van der Waals surface area contributed by atoms with E-state index in [1.54, 1.807) is 54.9 Å². The summed E-state index contributed by atoms with van der Waals surface area (Å²) in [4.78, 5) is 17.1. The van der Waals surface area contributed by atoms with E-state index < -0.39 is 15.9 Å². The summed E-state index contributed by atoms with van der Waals surface area (Å²) in [5, 5.41) is 6.11. The fourth-order valence-corrected chi connectivity index (χ4v) is 5.18. The first-order chi connectivity index (χ1) is 18.0. The normalized spacial score (nSPS) is 12.3. The maximum Gasteiger partial charge on any atom is 0.261 e. The lowest BCUT2D eigenvalue weighted by molar-refractivity contribution is 0.0950. The molecule has 1 amide bonds. The van der Waals surface area contributed by atoms with Crippen LogP contribution in [-0.4, -0.2) is 25.9 Å². The predicted molar refractivity (Wildman–Crippen MR) is 142 cm³/mol. The van der Waals surface area contributed by atoms with Crippen LogP contribution in [0, 0.1) is 0 Å². The van der Waals surface area contributed by atoms with Crippen LogP contribution in [0.3, 0.4) is 0 Å².